The number of hydrogen-bond acceptors (Lipinski definition) is 2. The Balaban J connectivity index is 2.19. The summed E-state index contributed by atoms with van der Waals surface area (Å²) in [6.45, 7) is 0. The second-order valence-electron chi connectivity index (χ2n) is 4.24. The number of hydrogen-bond donors (Lipinski definition) is 2. The normalized spacial score (nSPS) is 10.6. The fourth-order valence-electron chi connectivity index (χ4n) is 2.10. The molecule has 0 unspecified atom stereocenters. The summed E-state index contributed by atoms with van der Waals surface area (Å²) in [6, 6.07) is 17.5. The van der Waals surface area contributed by atoms with Crippen molar-refractivity contribution in [1.82, 2.24) is 10.2 Å². The van der Waals surface area contributed by atoms with E-state index in [1.54, 1.807) is 0 Å². The van der Waals surface area contributed by atoms with Gasteiger partial charge in [-0.05, 0) is 17.7 Å². The summed E-state index contributed by atoms with van der Waals surface area (Å²) in [4.78, 5) is 0. The largest absolute Gasteiger partial charge is 0.384 e. The van der Waals surface area contributed by atoms with Crippen LogP contribution < -0.4 is 5.73 Å². The topological polar surface area (TPSA) is 54.7 Å². The van der Waals surface area contributed by atoms with Crippen LogP contribution in [0.25, 0.3) is 22.4 Å². The van der Waals surface area contributed by atoms with E-state index >= 15 is 0 Å². The highest BCUT2D eigenvalue weighted by Crippen LogP contribution is 2.35. The first-order valence-electron chi connectivity index (χ1n) is 5.91. The number of nitrogens with one attached hydrogen (secondary N) is 1. The van der Waals surface area contributed by atoms with E-state index in [-0.39, 0.29) is 0 Å². The quantitative estimate of drug-likeness (QED) is 0.739. The zero-order valence-corrected chi connectivity index (χ0v) is 10.9. The van der Waals surface area contributed by atoms with Gasteiger partial charge >= 0.3 is 0 Å². The second kappa shape index (κ2) is 4.78. The van der Waals surface area contributed by atoms with Gasteiger partial charge in [-0.25, -0.2) is 0 Å². The summed E-state index contributed by atoms with van der Waals surface area (Å²) in [5, 5.41) is 7.81. The van der Waals surface area contributed by atoms with Crippen LogP contribution >= 0.6 is 11.6 Å². The van der Waals surface area contributed by atoms with Gasteiger partial charge in [-0.2, -0.15) is 5.10 Å². The van der Waals surface area contributed by atoms with Crippen LogP contribution in [0.15, 0.2) is 54.6 Å². The number of H-pyrrole nitrogens is 1. The summed E-state index contributed by atoms with van der Waals surface area (Å²) in [7, 11) is 0. The zero-order chi connectivity index (χ0) is 13.2. The maximum Gasteiger partial charge on any atom is 0.127 e. The lowest BCUT2D eigenvalue weighted by Crippen LogP contribution is -1.88. The second-order valence-corrected chi connectivity index (χ2v) is 4.67. The number of aromatic amines is 1. The SMILES string of the molecule is Nc1[nH]nc(-c2cccc(Cl)c2)c1-c1ccccc1. The van der Waals surface area contributed by atoms with Gasteiger partial charge in [-0.3, -0.25) is 5.10 Å². The molecular formula is C15H12ClN3. The minimum absolute atomic E-state index is 0.557. The molecule has 0 aliphatic heterocycles. The number of nitrogen functional groups attached to an aromatic ring is 1. The molecule has 0 fully saturated rings. The average molecular weight is 270 g/mol. The highest BCUT2D eigenvalue weighted by Gasteiger charge is 2.14. The summed E-state index contributed by atoms with van der Waals surface area (Å²) in [6.07, 6.45) is 0. The van der Waals surface area contributed by atoms with Crippen LogP contribution in [-0.4, -0.2) is 10.2 Å². The maximum absolute atomic E-state index is 6.03. The molecule has 2 aromatic carbocycles. The summed E-state index contributed by atoms with van der Waals surface area (Å²) < 4.78 is 0. The van der Waals surface area contributed by atoms with E-state index < -0.39 is 0 Å². The first-order chi connectivity index (χ1) is 9.25. The van der Waals surface area contributed by atoms with Crippen LogP contribution in [-0.2, 0) is 0 Å². The molecular weight excluding hydrogens is 258 g/mol. The van der Waals surface area contributed by atoms with Crippen LogP contribution in [0, 0.1) is 0 Å². The molecule has 0 amide bonds. The minimum atomic E-state index is 0.557. The fraction of sp³-hybridized carbons (Fsp3) is 0. The van der Waals surface area contributed by atoms with Crippen molar-refractivity contribution in [2.75, 3.05) is 5.73 Å². The first-order valence-corrected chi connectivity index (χ1v) is 6.28. The van der Waals surface area contributed by atoms with E-state index in [0.717, 1.165) is 22.4 Å². The van der Waals surface area contributed by atoms with E-state index in [9.17, 15) is 0 Å². The molecule has 0 spiro atoms. The van der Waals surface area contributed by atoms with Crippen molar-refractivity contribution in [3.8, 4) is 22.4 Å². The molecule has 3 rings (SSSR count). The van der Waals surface area contributed by atoms with Gasteiger partial charge in [0.2, 0.25) is 0 Å². The predicted molar refractivity (Wildman–Crippen MR) is 78.9 cm³/mol. The van der Waals surface area contributed by atoms with Crippen molar-refractivity contribution in [2.24, 2.45) is 0 Å². The molecule has 3 N–H and O–H groups in total. The Morgan fingerprint density at radius 1 is 0.947 bits per heavy atom. The number of nitrogens with two attached hydrogens (primary N) is 1. The van der Waals surface area contributed by atoms with E-state index in [1.165, 1.54) is 0 Å². The van der Waals surface area contributed by atoms with Crippen LogP contribution in [0.5, 0.6) is 0 Å². The molecule has 0 saturated heterocycles. The van der Waals surface area contributed by atoms with Gasteiger partial charge in [0.15, 0.2) is 0 Å². The van der Waals surface area contributed by atoms with Crippen molar-refractivity contribution in [2.45, 2.75) is 0 Å². The van der Waals surface area contributed by atoms with Crippen LogP contribution in [0.4, 0.5) is 5.82 Å². The summed E-state index contributed by atoms with van der Waals surface area (Å²) in [5.41, 5.74) is 9.69. The molecule has 0 aliphatic carbocycles. The van der Waals surface area contributed by atoms with Gasteiger partial charge in [0, 0.05) is 10.6 Å². The lowest BCUT2D eigenvalue weighted by atomic mass is 10.0. The Kier molecular flexibility index (Phi) is 2.97. The standard InChI is InChI=1S/C15H12ClN3/c16-12-8-4-7-11(9-12)14-13(15(17)19-18-14)10-5-2-1-3-6-10/h1-9H,(H3,17,18,19). The highest BCUT2D eigenvalue weighted by molar-refractivity contribution is 6.30. The van der Waals surface area contributed by atoms with Gasteiger partial charge < -0.3 is 5.73 Å². The maximum atomic E-state index is 6.03. The van der Waals surface area contributed by atoms with Crippen molar-refractivity contribution < 1.29 is 0 Å². The Morgan fingerprint density at radius 3 is 2.42 bits per heavy atom. The molecule has 94 valence electrons. The number of anilines is 1. The van der Waals surface area contributed by atoms with Crippen molar-refractivity contribution in [1.29, 1.82) is 0 Å². The molecule has 1 aromatic heterocycles. The smallest absolute Gasteiger partial charge is 0.127 e. The van der Waals surface area contributed by atoms with Gasteiger partial charge in [0.25, 0.3) is 0 Å². The molecule has 0 aliphatic rings. The average Bonchev–Trinajstić information content (AvgIpc) is 2.82. The van der Waals surface area contributed by atoms with Gasteiger partial charge in [-0.15, -0.1) is 0 Å². The Hall–Kier alpha value is -2.26. The van der Waals surface area contributed by atoms with Crippen LogP contribution in [0.2, 0.25) is 5.02 Å². The van der Waals surface area contributed by atoms with Gasteiger partial charge in [-0.1, -0.05) is 54.1 Å². The summed E-state index contributed by atoms with van der Waals surface area (Å²) >= 11 is 6.03. The Morgan fingerprint density at radius 2 is 1.68 bits per heavy atom. The van der Waals surface area contributed by atoms with E-state index in [4.69, 9.17) is 17.3 Å². The van der Waals surface area contributed by atoms with E-state index in [1.807, 2.05) is 54.6 Å². The molecule has 0 radical (unpaired) electrons. The number of aromatic nitrogens is 2. The molecule has 0 saturated carbocycles. The van der Waals surface area contributed by atoms with Crippen molar-refractivity contribution in [3.63, 3.8) is 0 Å². The number of benzene rings is 2. The Bertz CT molecular complexity index is 704. The van der Waals surface area contributed by atoms with Gasteiger partial charge in [0.1, 0.15) is 11.5 Å². The summed E-state index contributed by atoms with van der Waals surface area (Å²) in [5.74, 6) is 0.557. The lowest BCUT2D eigenvalue weighted by Gasteiger charge is -2.04. The lowest BCUT2D eigenvalue weighted by molar-refractivity contribution is 1.10. The monoisotopic (exact) mass is 269 g/mol. The molecule has 3 nitrogen and oxygen atoms in total. The Labute approximate surface area is 116 Å². The molecule has 0 bridgehead atoms. The third-order valence-electron chi connectivity index (χ3n) is 2.95. The first kappa shape index (κ1) is 11.8. The van der Waals surface area contributed by atoms with Crippen LogP contribution in [0.3, 0.4) is 0 Å². The van der Waals surface area contributed by atoms with Crippen LogP contribution in [0.1, 0.15) is 0 Å². The number of rotatable bonds is 2. The predicted octanol–water partition coefficient (Wildman–Crippen LogP) is 3.98. The molecule has 1 heterocycles. The number of halogens is 1. The van der Waals surface area contributed by atoms with Crippen molar-refractivity contribution >= 4 is 17.4 Å². The van der Waals surface area contributed by atoms with E-state index in [0.29, 0.717) is 10.8 Å². The third kappa shape index (κ3) is 2.20. The fourth-order valence-corrected chi connectivity index (χ4v) is 2.29. The highest BCUT2D eigenvalue weighted by atomic mass is 35.5. The third-order valence-corrected chi connectivity index (χ3v) is 3.19. The molecule has 4 heteroatoms. The van der Waals surface area contributed by atoms with E-state index in [2.05, 4.69) is 10.2 Å². The molecule has 19 heavy (non-hydrogen) atoms. The number of nitrogens with zero attached hydrogens (tertiary/aromatic N) is 1. The van der Waals surface area contributed by atoms with Gasteiger partial charge in [0.05, 0.1) is 5.56 Å². The molecule has 0 atom stereocenters. The zero-order valence-electron chi connectivity index (χ0n) is 10.1. The van der Waals surface area contributed by atoms with Crippen molar-refractivity contribution in [3.05, 3.63) is 59.6 Å². The molecule has 3 aromatic rings. The minimum Gasteiger partial charge on any atom is -0.384 e.